The van der Waals surface area contributed by atoms with Crippen LogP contribution in [0, 0.1) is 28.1 Å². The van der Waals surface area contributed by atoms with Crippen LogP contribution >= 0.6 is 0 Å². The highest BCUT2D eigenvalue weighted by Gasteiger charge is 3.05. The molecular formula is C22H29NO10. The molecule has 4 N–H and O–H groups in total. The minimum atomic E-state index is -2.29. The van der Waals surface area contributed by atoms with Gasteiger partial charge in [0.1, 0.15) is 12.2 Å². The summed E-state index contributed by atoms with van der Waals surface area (Å²) in [5.74, 6) is -4.53. The van der Waals surface area contributed by atoms with E-state index in [1.54, 1.807) is 0 Å². The van der Waals surface area contributed by atoms with Crippen molar-refractivity contribution in [3.63, 3.8) is 0 Å². The standard InChI is InChI=1S/C22H29NO10/c1-6-23-8-9(18(3,4)5)19-11(25)15(27)32-17(19)33-22-16(28)31-12(8)20(19,22)10(24)13-21(22,29)7(2)14(26)30-13/h7-13,17,23-25,29H,6H2,1-5H3/t7-,8+,9+,10+,11-,12?,13?,17?,19?,20?,21-,22?/m1/s1. The predicted octanol–water partition coefficient (Wildman–Crippen LogP) is -1.78. The van der Waals surface area contributed by atoms with E-state index < -0.39 is 93.9 Å². The summed E-state index contributed by atoms with van der Waals surface area (Å²) in [5.41, 5.74) is -8.64. The van der Waals surface area contributed by atoms with Gasteiger partial charge in [0, 0.05) is 6.04 Å². The summed E-state index contributed by atoms with van der Waals surface area (Å²) >= 11 is 0. The number of rotatable bonds is 2. The average Bonchev–Trinajstić information content (AvgIpc) is 3.41. The van der Waals surface area contributed by atoms with E-state index in [0.717, 1.165) is 0 Å². The molecule has 4 saturated heterocycles. The Labute approximate surface area is 189 Å². The van der Waals surface area contributed by atoms with E-state index in [2.05, 4.69) is 5.32 Å². The lowest BCUT2D eigenvalue weighted by Gasteiger charge is -2.47. The molecule has 6 rings (SSSR count). The minimum absolute atomic E-state index is 0.468. The topological polar surface area (TPSA) is 161 Å². The van der Waals surface area contributed by atoms with Crippen LogP contribution in [0.1, 0.15) is 34.6 Å². The van der Waals surface area contributed by atoms with Crippen molar-refractivity contribution >= 4 is 17.9 Å². The van der Waals surface area contributed by atoms with E-state index in [9.17, 15) is 29.7 Å². The van der Waals surface area contributed by atoms with Crippen molar-refractivity contribution in [2.45, 2.75) is 82.6 Å². The molecule has 0 bridgehead atoms. The predicted molar refractivity (Wildman–Crippen MR) is 105 cm³/mol. The fourth-order valence-corrected chi connectivity index (χ4v) is 8.78. The summed E-state index contributed by atoms with van der Waals surface area (Å²) in [6.45, 7) is 9.49. The zero-order chi connectivity index (χ0) is 24.1. The Morgan fingerprint density at radius 2 is 1.70 bits per heavy atom. The molecule has 2 aliphatic carbocycles. The van der Waals surface area contributed by atoms with E-state index in [1.165, 1.54) is 6.92 Å². The molecule has 2 spiro atoms. The number of esters is 3. The minimum Gasteiger partial charge on any atom is -0.458 e. The number of hydrogen-bond acceptors (Lipinski definition) is 11. The van der Waals surface area contributed by atoms with E-state index in [1.807, 2.05) is 27.7 Å². The van der Waals surface area contributed by atoms with Crippen LogP contribution in [0.3, 0.4) is 0 Å². The summed E-state index contributed by atoms with van der Waals surface area (Å²) in [4.78, 5) is 39.0. The first-order valence-electron chi connectivity index (χ1n) is 11.4. The monoisotopic (exact) mass is 467 g/mol. The fraction of sp³-hybridized carbons (Fsp3) is 0.864. The number of carbonyl (C=O) groups is 3. The largest absolute Gasteiger partial charge is 0.458 e. The van der Waals surface area contributed by atoms with E-state index in [0.29, 0.717) is 6.54 Å². The Morgan fingerprint density at radius 3 is 2.30 bits per heavy atom. The second-order valence-electron chi connectivity index (χ2n) is 11.4. The molecule has 182 valence electrons. The quantitative estimate of drug-likeness (QED) is 0.268. The van der Waals surface area contributed by atoms with Crippen LogP contribution in [0.2, 0.25) is 0 Å². The summed E-state index contributed by atoms with van der Waals surface area (Å²) in [6.07, 6.45) is -7.46. The number of likely N-dealkylation sites (N-methyl/N-ethyl adjacent to an activating group) is 1. The van der Waals surface area contributed by atoms with Crippen molar-refractivity contribution in [3.8, 4) is 0 Å². The molecule has 11 heteroatoms. The molecule has 6 unspecified atom stereocenters. The van der Waals surface area contributed by atoms with Crippen molar-refractivity contribution in [3.05, 3.63) is 0 Å². The van der Waals surface area contributed by atoms with Crippen LogP contribution in [-0.4, -0.2) is 87.7 Å². The van der Waals surface area contributed by atoms with Crippen molar-refractivity contribution in [1.29, 1.82) is 0 Å². The van der Waals surface area contributed by atoms with Crippen molar-refractivity contribution in [2.75, 3.05) is 6.54 Å². The van der Waals surface area contributed by atoms with Crippen LogP contribution in [0.15, 0.2) is 0 Å². The summed E-state index contributed by atoms with van der Waals surface area (Å²) in [7, 11) is 0. The summed E-state index contributed by atoms with van der Waals surface area (Å²) in [5, 5.41) is 38.7. The number of fused-ring (bicyclic) bond motifs is 1. The van der Waals surface area contributed by atoms with Gasteiger partial charge >= 0.3 is 17.9 Å². The van der Waals surface area contributed by atoms with Gasteiger partial charge in [-0.3, -0.25) is 4.79 Å². The number of ether oxygens (including phenoxy) is 4. The Morgan fingerprint density at radius 1 is 1.03 bits per heavy atom. The van der Waals surface area contributed by atoms with Crippen LogP contribution < -0.4 is 5.32 Å². The lowest BCUT2D eigenvalue weighted by molar-refractivity contribution is -0.240. The van der Waals surface area contributed by atoms with Gasteiger partial charge in [-0.15, -0.1) is 0 Å². The molecule has 12 atom stereocenters. The van der Waals surface area contributed by atoms with Gasteiger partial charge in [0.2, 0.25) is 11.9 Å². The molecular weight excluding hydrogens is 438 g/mol. The Kier molecular flexibility index (Phi) is 3.76. The molecule has 11 nitrogen and oxygen atoms in total. The second kappa shape index (κ2) is 5.71. The Bertz CT molecular complexity index is 994. The first kappa shape index (κ1) is 21.7. The fourth-order valence-electron chi connectivity index (χ4n) is 8.78. The number of nitrogens with one attached hydrogen (secondary N) is 1. The van der Waals surface area contributed by atoms with Crippen molar-refractivity contribution < 1.29 is 48.7 Å². The highest BCUT2D eigenvalue weighted by Crippen LogP contribution is 2.84. The number of hydrogen-bond donors (Lipinski definition) is 4. The van der Waals surface area contributed by atoms with Gasteiger partial charge < -0.3 is 39.6 Å². The van der Waals surface area contributed by atoms with Gasteiger partial charge in [-0.2, -0.15) is 0 Å². The molecule has 33 heavy (non-hydrogen) atoms. The maximum absolute atomic E-state index is 13.7. The molecule has 0 aromatic heterocycles. The number of aliphatic hydroxyl groups is 3. The lowest BCUT2D eigenvalue weighted by atomic mass is 9.51. The normalized spacial score (nSPS) is 58.0. The summed E-state index contributed by atoms with van der Waals surface area (Å²) < 4.78 is 23.0. The molecule has 6 aliphatic rings. The number of aliphatic hydroxyl groups excluding tert-OH is 2. The molecule has 4 aliphatic heterocycles. The molecule has 0 radical (unpaired) electrons. The van der Waals surface area contributed by atoms with Crippen LogP contribution in [0.4, 0.5) is 0 Å². The zero-order valence-corrected chi connectivity index (χ0v) is 19.0. The van der Waals surface area contributed by atoms with E-state index >= 15 is 0 Å². The van der Waals surface area contributed by atoms with Crippen molar-refractivity contribution in [2.24, 2.45) is 28.1 Å². The zero-order valence-electron chi connectivity index (χ0n) is 19.0. The SMILES string of the molecule is CCN[C@@H]1C2OC(=O)C34OC5OC(=O)[C@@H](O)C5([C@@H]1C(C)(C)C)C23[C@@H](O)C1OC(=O)[C@@H](C)[C@@]14O. The van der Waals surface area contributed by atoms with E-state index in [4.69, 9.17) is 18.9 Å². The molecule has 4 heterocycles. The highest BCUT2D eigenvalue weighted by atomic mass is 16.8. The molecule has 2 saturated carbocycles. The first-order valence-corrected chi connectivity index (χ1v) is 11.4. The maximum Gasteiger partial charge on any atom is 0.343 e. The third-order valence-electron chi connectivity index (χ3n) is 9.42. The van der Waals surface area contributed by atoms with Gasteiger partial charge in [-0.1, -0.05) is 27.7 Å². The third kappa shape index (κ3) is 1.69. The van der Waals surface area contributed by atoms with E-state index in [-0.39, 0.29) is 0 Å². The third-order valence-corrected chi connectivity index (χ3v) is 9.42. The van der Waals surface area contributed by atoms with Crippen LogP contribution in [0.5, 0.6) is 0 Å². The highest BCUT2D eigenvalue weighted by molar-refractivity contribution is 5.94. The van der Waals surface area contributed by atoms with Crippen LogP contribution in [-0.2, 0) is 33.3 Å². The molecule has 0 aromatic carbocycles. The Hall–Kier alpha value is -1.79. The summed E-state index contributed by atoms with van der Waals surface area (Å²) in [6, 6.07) is -0.612. The molecule has 6 fully saturated rings. The van der Waals surface area contributed by atoms with Crippen molar-refractivity contribution in [1.82, 2.24) is 5.32 Å². The van der Waals surface area contributed by atoms with Gasteiger partial charge in [0.05, 0.1) is 16.7 Å². The first-order chi connectivity index (χ1) is 15.3. The Balaban J connectivity index is 1.74. The van der Waals surface area contributed by atoms with Gasteiger partial charge in [0.25, 0.3) is 0 Å². The van der Waals surface area contributed by atoms with Gasteiger partial charge in [0.15, 0.2) is 17.8 Å². The van der Waals surface area contributed by atoms with Crippen LogP contribution in [0.25, 0.3) is 0 Å². The average molecular weight is 467 g/mol. The smallest absolute Gasteiger partial charge is 0.343 e. The molecule has 0 amide bonds. The lowest BCUT2D eigenvalue weighted by Crippen LogP contribution is -2.67. The second-order valence-corrected chi connectivity index (χ2v) is 11.4. The molecule has 0 aromatic rings. The van der Waals surface area contributed by atoms with Gasteiger partial charge in [-0.25, -0.2) is 9.59 Å². The number of carbonyl (C=O) groups excluding carboxylic acids is 3. The van der Waals surface area contributed by atoms with Gasteiger partial charge in [-0.05, 0) is 24.8 Å². The maximum atomic E-state index is 13.7.